The first-order valence-corrected chi connectivity index (χ1v) is 10.3. The van der Waals surface area contributed by atoms with Gasteiger partial charge in [0.1, 0.15) is 12.4 Å². The highest BCUT2D eigenvalue weighted by molar-refractivity contribution is 5.56. The highest BCUT2D eigenvalue weighted by atomic mass is 16.7. The minimum absolute atomic E-state index is 0.0777. The van der Waals surface area contributed by atoms with E-state index in [2.05, 4.69) is 11.7 Å². The molecule has 1 N–H and O–H groups in total. The van der Waals surface area contributed by atoms with Gasteiger partial charge in [0.05, 0.1) is 6.61 Å². The number of hydrogen-bond donors (Lipinski definition) is 1. The van der Waals surface area contributed by atoms with Gasteiger partial charge in [0.15, 0.2) is 0 Å². The number of hydrogen-bond acceptors (Lipinski definition) is 3. The fourth-order valence-electron chi connectivity index (χ4n) is 2.96. The lowest BCUT2D eigenvalue weighted by molar-refractivity contribution is 0.0854. The molecule has 0 radical (unpaired) electrons. The van der Waals surface area contributed by atoms with E-state index >= 15 is 0 Å². The Morgan fingerprint density at radius 3 is 1.81 bits per heavy atom. The zero-order chi connectivity index (χ0) is 18.9. The average molecular weight is 365 g/mol. The van der Waals surface area contributed by atoms with Gasteiger partial charge in [0.2, 0.25) is 0 Å². The Balaban J connectivity index is 1.90. The molecule has 0 fully saturated rings. The summed E-state index contributed by atoms with van der Waals surface area (Å²) in [5, 5.41) is 8.47. The van der Waals surface area contributed by atoms with Gasteiger partial charge >= 0.3 is 6.16 Å². The maximum absolute atomic E-state index is 10.3. The number of unbranched alkanes of at least 4 members (excludes halogenated alkanes) is 11. The van der Waals surface area contributed by atoms with Gasteiger partial charge in [-0.1, -0.05) is 89.7 Å². The molecule has 0 aliphatic carbocycles. The number of rotatable bonds is 16. The standard InChI is InChI=1S/C22H36O4/c1-2-3-4-5-6-7-8-9-10-11-12-13-18-25-21-16-14-20(15-17-21)19-26-22(23)24/h14-17H,2-13,18-19H2,1H3,(H,23,24). The van der Waals surface area contributed by atoms with E-state index in [1.54, 1.807) is 0 Å². The van der Waals surface area contributed by atoms with Crippen LogP contribution in [0.1, 0.15) is 89.5 Å². The first kappa shape index (κ1) is 22.3. The molecule has 0 aromatic heterocycles. The van der Waals surface area contributed by atoms with Gasteiger partial charge in [0.25, 0.3) is 0 Å². The van der Waals surface area contributed by atoms with Crippen molar-refractivity contribution < 1.29 is 19.4 Å². The molecule has 26 heavy (non-hydrogen) atoms. The van der Waals surface area contributed by atoms with E-state index in [1.165, 1.54) is 70.6 Å². The molecular formula is C22H36O4. The van der Waals surface area contributed by atoms with Crippen LogP contribution < -0.4 is 4.74 Å². The van der Waals surface area contributed by atoms with E-state index in [0.29, 0.717) is 0 Å². The van der Waals surface area contributed by atoms with E-state index in [0.717, 1.165) is 24.3 Å². The Morgan fingerprint density at radius 1 is 0.808 bits per heavy atom. The molecule has 1 aromatic rings. The van der Waals surface area contributed by atoms with Crippen LogP contribution in [-0.2, 0) is 11.3 Å². The minimum atomic E-state index is -1.25. The second-order valence-electron chi connectivity index (χ2n) is 6.94. The molecule has 0 atom stereocenters. The number of carboxylic acid groups (broad SMARTS) is 1. The van der Waals surface area contributed by atoms with Crippen molar-refractivity contribution in [1.29, 1.82) is 0 Å². The summed E-state index contributed by atoms with van der Waals surface area (Å²) >= 11 is 0. The van der Waals surface area contributed by atoms with Gasteiger partial charge in [-0.3, -0.25) is 0 Å². The predicted octanol–water partition coefficient (Wildman–Crippen LogP) is 6.96. The smallest absolute Gasteiger partial charge is 0.494 e. The van der Waals surface area contributed by atoms with Gasteiger partial charge < -0.3 is 14.6 Å². The fraction of sp³-hybridized carbons (Fsp3) is 0.682. The second-order valence-corrected chi connectivity index (χ2v) is 6.94. The monoisotopic (exact) mass is 364 g/mol. The summed E-state index contributed by atoms with van der Waals surface area (Å²) in [6, 6.07) is 7.39. The van der Waals surface area contributed by atoms with Crippen LogP contribution >= 0.6 is 0 Å². The van der Waals surface area contributed by atoms with Crippen molar-refractivity contribution in [2.24, 2.45) is 0 Å². The van der Waals surface area contributed by atoms with Crippen LogP contribution in [0.15, 0.2) is 24.3 Å². The van der Waals surface area contributed by atoms with Crippen molar-refractivity contribution in [2.45, 2.75) is 90.6 Å². The average Bonchev–Trinajstić information content (AvgIpc) is 2.64. The third kappa shape index (κ3) is 12.6. The summed E-state index contributed by atoms with van der Waals surface area (Å²) in [6.45, 7) is 3.08. The van der Waals surface area contributed by atoms with Crippen molar-refractivity contribution >= 4 is 6.16 Å². The molecule has 0 unspecified atom stereocenters. The summed E-state index contributed by atoms with van der Waals surface area (Å²) in [4.78, 5) is 10.3. The molecule has 0 bridgehead atoms. The number of carbonyl (C=O) groups is 1. The van der Waals surface area contributed by atoms with Crippen LogP contribution in [0.4, 0.5) is 4.79 Å². The molecule has 0 saturated carbocycles. The SMILES string of the molecule is CCCCCCCCCCCCCCOc1ccc(COC(=O)O)cc1. The summed E-state index contributed by atoms with van der Waals surface area (Å²) in [5.41, 5.74) is 0.824. The summed E-state index contributed by atoms with van der Waals surface area (Å²) in [6.07, 6.45) is 14.8. The second kappa shape index (κ2) is 15.5. The van der Waals surface area contributed by atoms with Crippen molar-refractivity contribution in [3.05, 3.63) is 29.8 Å². The molecule has 1 rings (SSSR count). The lowest BCUT2D eigenvalue weighted by Crippen LogP contribution is -2.00. The Hall–Kier alpha value is -1.71. The maximum atomic E-state index is 10.3. The summed E-state index contributed by atoms with van der Waals surface area (Å²) < 4.78 is 10.2. The van der Waals surface area contributed by atoms with E-state index < -0.39 is 6.16 Å². The van der Waals surface area contributed by atoms with E-state index in [9.17, 15) is 4.79 Å². The van der Waals surface area contributed by atoms with Crippen molar-refractivity contribution in [2.75, 3.05) is 6.61 Å². The van der Waals surface area contributed by atoms with Crippen molar-refractivity contribution in [3.8, 4) is 5.75 Å². The molecule has 0 spiro atoms. The molecular weight excluding hydrogens is 328 g/mol. The highest BCUT2D eigenvalue weighted by Gasteiger charge is 2.00. The Morgan fingerprint density at radius 2 is 1.31 bits per heavy atom. The van der Waals surface area contributed by atoms with Crippen LogP contribution in [0.3, 0.4) is 0 Å². The van der Waals surface area contributed by atoms with Crippen LogP contribution in [0.25, 0.3) is 0 Å². The normalized spacial score (nSPS) is 10.7. The maximum Gasteiger partial charge on any atom is 0.506 e. The quantitative estimate of drug-likeness (QED) is 0.254. The van der Waals surface area contributed by atoms with Crippen molar-refractivity contribution in [1.82, 2.24) is 0 Å². The molecule has 0 aliphatic heterocycles. The molecule has 0 amide bonds. The molecule has 0 saturated heterocycles. The third-order valence-electron chi connectivity index (χ3n) is 4.55. The predicted molar refractivity (Wildman–Crippen MR) is 106 cm³/mol. The Bertz CT molecular complexity index is 456. The molecule has 1 aromatic carbocycles. The fourth-order valence-corrected chi connectivity index (χ4v) is 2.96. The number of ether oxygens (including phenoxy) is 2. The first-order chi connectivity index (χ1) is 12.7. The van der Waals surface area contributed by atoms with E-state index in [-0.39, 0.29) is 6.61 Å². The highest BCUT2D eigenvalue weighted by Crippen LogP contribution is 2.15. The minimum Gasteiger partial charge on any atom is -0.494 e. The van der Waals surface area contributed by atoms with Gasteiger partial charge in [-0.2, -0.15) is 0 Å². The Kier molecular flexibility index (Phi) is 13.3. The first-order valence-electron chi connectivity index (χ1n) is 10.3. The van der Waals surface area contributed by atoms with Crippen LogP contribution in [0.5, 0.6) is 5.75 Å². The van der Waals surface area contributed by atoms with Gasteiger partial charge in [0, 0.05) is 0 Å². The van der Waals surface area contributed by atoms with Crippen LogP contribution in [-0.4, -0.2) is 17.9 Å². The summed E-state index contributed by atoms with van der Waals surface area (Å²) in [7, 11) is 0. The largest absolute Gasteiger partial charge is 0.506 e. The van der Waals surface area contributed by atoms with Gasteiger partial charge in [-0.05, 0) is 24.1 Å². The van der Waals surface area contributed by atoms with Crippen LogP contribution in [0, 0.1) is 0 Å². The van der Waals surface area contributed by atoms with E-state index in [4.69, 9.17) is 9.84 Å². The molecule has 148 valence electrons. The molecule has 4 nitrogen and oxygen atoms in total. The number of benzene rings is 1. The van der Waals surface area contributed by atoms with E-state index in [1.807, 2.05) is 24.3 Å². The topological polar surface area (TPSA) is 55.8 Å². The van der Waals surface area contributed by atoms with Crippen molar-refractivity contribution in [3.63, 3.8) is 0 Å². The zero-order valence-corrected chi connectivity index (χ0v) is 16.4. The summed E-state index contributed by atoms with van der Waals surface area (Å²) in [5.74, 6) is 0.826. The molecule has 0 heterocycles. The Labute approximate surface area is 158 Å². The zero-order valence-electron chi connectivity index (χ0n) is 16.4. The van der Waals surface area contributed by atoms with Crippen LogP contribution in [0.2, 0.25) is 0 Å². The molecule has 0 aliphatic rings. The lowest BCUT2D eigenvalue weighted by atomic mass is 10.1. The third-order valence-corrected chi connectivity index (χ3v) is 4.55. The van der Waals surface area contributed by atoms with Gasteiger partial charge in [-0.25, -0.2) is 4.79 Å². The molecule has 4 heteroatoms. The lowest BCUT2D eigenvalue weighted by Gasteiger charge is -2.07. The van der Waals surface area contributed by atoms with Gasteiger partial charge in [-0.15, -0.1) is 0 Å².